The third kappa shape index (κ3) is 2.67. The quantitative estimate of drug-likeness (QED) is 0.826. The molecule has 2 aromatic rings. The van der Waals surface area contributed by atoms with Crippen LogP contribution in [0.15, 0.2) is 46.8 Å². The summed E-state index contributed by atoms with van der Waals surface area (Å²) in [5.41, 5.74) is 1.83. The van der Waals surface area contributed by atoms with E-state index < -0.39 is 0 Å². The van der Waals surface area contributed by atoms with Gasteiger partial charge in [0.15, 0.2) is 0 Å². The molecule has 1 amide bonds. The molecule has 3 rings (SSSR count). The first kappa shape index (κ1) is 13.5. The van der Waals surface area contributed by atoms with Crippen molar-refractivity contribution >= 4 is 35.1 Å². The maximum absolute atomic E-state index is 12.7. The summed E-state index contributed by atoms with van der Waals surface area (Å²) in [5, 5.41) is 3.11. The van der Waals surface area contributed by atoms with E-state index in [1.54, 1.807) is 23.1 Å². The zero-order chi connectivity index (χ0) is 13.9. The van der Waals surface area contributed by atoms with Gasteiger partial charge in [-0.25, -0.2) is 0 Å². The number of hydrogen-bond acceptors (Lipinski definition) is 3. The monoisotopic (exact) mass is 301 g/mol. The van der Waals surface area contributed by atoms with E-state index in [4.69, 9.17) is 0 Å². The van der Waals surface area contributed by atoms with Gasteiger partial charge < -0.3 is 4.90 Å². The maximum atomic E-state index is 12.7. The Morgan fingerprint density at radius 2 is 2.10 bits per heavy atom. The Bertz CT molecular complexity index is 646. The molecule has 0 saturated carbocycles. The molecule has 0 radical (unpaired) electrons. The molecule has 0 atom stereocenters. The van der Waals surface area contributed by atoms with Crippen molar-refractivity contribution in [3.05, 3.63) is 62.8 Å². The lowest BCUT2D eigenvalue weighted by molar-refractivity contribution is 0.0830. The highest BCUT2D eigenvalue weighted by atomic mass is 32.2. The molecule has 0 N–H and O–H groups in total. The Morgan fingerprint density at radius 1 is 1.25 bits per heavy atom. The van der Waals surface area contributed by atoms with Crippen LogP contribution in [0.3, 0.4) is 0 Å². The number of thiophene rings is 1. The highest BCUT2D eigenvalue weighted by molar-refractivity contribution is 8.03. The van der Waals surface area contributed by atoms with Gasteiger partial charge in [0, 0.05) is 22.7 Å². The van der Waals surface area contributed by atoms with Crippen molar-refractivity contribution in [3.8, 4) is 0 Å². The first-order valence-corrected chi connectivity index (χ1v) is 8.38. The van der Waals surface area contributed by atoms with Crippen molar-refractivity contribution < 1.29 is 4.79 Å². The summed E-state index contributed by atoms with van der Waals surface area (Å²) < 4.78 is 0. The first-order chi connectivity index (χ1) is 9.75. The predicted octanol–water partition coefficient (Wildman–Crippen LogP) is 4.24. The zero-order valence-electron chi connectivity index (χ0n) is 11.2. The first-order valence-electron chi connectivity index (χ1n) is 6.51. The molecule has 0 aliphatic carbocycles. The van der Waals surface area contributed by atoms with Gasteiger partial charge >= 0.3 is 0 Å². The lowest BCUT2D eigenvalue weighted by atomic mass is 10.1. The molecule has 0 spiro atoms. The van der Waals surface area contributed by atoms with Gasteiger partial charge in [-0.2, -0.15) is 0 Å². The highest BCUT2D eigenvalue weighted by Gasteiger charge is 2.25. The fourth-order valence-corrected chi connectivity index (χ4v) is 3.95. The van der Waals surface area contributed by atoms with Crippen LogP contribution < -0.4 is 0 Å². The minimum absolute atomic E-state index is 0.107. The second-order valence-electron chi connectivity index (χ2n) is 4.62. The van der Waals surface area contributed by atoms with Crippen LogP contribution in [0.2, 0.25) is 0 Å². The van der Waals surface area contributed by atoms with Crippen LogP contribution in [-0.4, -0.2) is 23.1 Å². The van der Waals surface area contributed by atoms with Gasteiger partial charge in [0.2, 0.25) is 0 Å². The van der Waals surface area contributed by atoms with Crippen molar-refractivity contribution in [1.29, 1.82) is 0 Å². The van der Waals surface area contributed by atoms with E-state index in [2.05, 4.69) is 17.5 Å². The smallest absolute Gasteiger partial charge is 0.258 e. The lowest BCUT2D eigenvalue weighted by Gasteiger charge is -2.18. The zero-order valence-corrected chi connectivity index (χ0v) is 12.8. The van der Waals surface area contributed by atoms with Crippen LogP contribution >= 0.6 is 23.1 Å². The number of amides is 1. The molecular formula is C16H15NOS2. The van der Waals surface area contributed by atoms with Crippen LogP contribution in [0.25, 0.3) is 6.08 Å². The Labute approximate surface area is 127 Å². The molecular weight excluding hydrogens is 286 g/mol. The summed E-state index contributed by atoms with van der Waals surface area (Å²) >= 11 is 3.45. The fraction of sp³-hybridized carbons (Fsp3) is 0.188. The summed E-state index contributed by atoms with van der Waals surface area (Å²) in [5.74, 6) is 1.07. The second kappa shape index (κ2) is 5.85. The summed E-state index contributed by atoms with van der Waals surface area (Å²) in [6.07, 6.45) is 2.11. The minimum atomic E-state index is 0.107. The van der Waals surface area contributed by atoms with E-state index in [-0.39, 0.29) is 5.91 Å². The van der Waals surface area contributed by atoms with Crippen molar-refractivity contribution in [1.82, 2.24) is 4.90 Å². The maximum Gasteiger partial charge on any atom is 0.258 e. The Balaban J connectivity index is 1.89. The molecule has 2 heterocycles. The van der Waals surface area contributed by atoms with Crippen LogP contribution in [0.4, 0.5) is 0 Å². The van der Waals surface area contributed by atoms with Crippen molar-refractivity contribution in [2.45, 2.75) is 6.92 Å². The Morgan fingerprint density at radius 3 is 2.85 bits per heavy atom. The average Bonchev–Trinajstić information content (AvgIpc) is 3.11. The standard InChI is InChI=1S/C16H15NOS2/c1-12-5-2-3-7-14(12)16(18)17-8-10-20-15(17)11-13-6-4-9-19-13/h2-7,9,11H,8,10H2,1H3/b15-11+. The van der Waals surface area contributed by atoms with E-state index in [1.165, 1.54) is 4.88 Å². The summed E-state index contributed by atoms with van der Waals surface area (Å²) in [6.45, 7) is 2.77. The second-order valence-corrected chi connectivity index (χ2v) is 6.71. The van der Waals surface area contributed by atoms with E-state index in [0.717, 1.165) is 28.5 Å². The Kier molecular flexibility index (Phi) is 3.94. The van der Waals surface area contributed by atoms with E-state index in [9.17, 15) is 4.79 Å². The van der Waals surface area contributed by atoms with Gasteiger partial charge in [-0.15, -0.1) is 23.1 Å². The molecule has 1 saturated heterocycles. The molecule has 1 aromatic heterocycles. The molecule has 20 heavy (non-hydrogen) atoms. The van der Waals surface area contributed by atoms with E-state index in [0.29, 0.717) is 0 Å². The number of rotatable bonds is 2. The number of benzene rings is 1. The molecule has 1 fully saturated rings. The third-order valence-corrected chi connectivity index (χ3v) is 5.10. The normalized spacial score (nSPS) is 16.9. The number of aryl methyl sites for hydroxylation is 1. The van der Waals surface area contributed by atoms with Crippen LogP contribution in [0, 0.1) is 6.92 Å². The number of hydrogen-bond donors (Lipinski definition) is 0. The van der Waals surface area contributed by atoms with E-state index in [1.807, 2.05) is 42.2 Å². The van der Waals surface area contributed by atoms with Crippen molar-refractivity contribution in [2.75, 3.05) is 12.3 Å². The van der Waals surface area contributed by atoms with Gasteiger partial charge in [-0.1, -0.05) is 24.3 Å². The van der Waals surface area contributed by atoms with Gasteiger partial charge in [0.05, 0.1) is 5.03 Å². The van der Waals surface area contributed by atoms with Crippen molar-refractivity contribution in [3.63, 3.8) is 0 Å². The SMILES string of the molecule is Cc1ccccc1C(=O)N1CCS/C1=C/c1cccs1. The molecule has 1 aromatic carbocycles. The number of nitrogens with zero attached hydrogens (tertiary/aromatic N) is 1. The molecule has 2 nitrogen and oxygen atoms in total. The molecule has 4 heteroatoms. The number of thioether (sulfide) groups is 1. The fourth-order valence-electron chi connectivity index (χ4n) is 2.20. The summed E-state index contributed by atoms with van der Waals surface area (Å²) in [4.78, 5) is 15.8. The topological polar surface area (TPSA) is 20.3 Å². The molecule has 1 aliphatic rings. The van der Waals surface area contributed by atoms with Crippen molar-refractivity contribution in [2.24, 2.45) is 0 Å². The highest BCUT2D eigenvalue weighted by Crippen LogP contribution is 2.32. The summed E-state index contributed by atoms with van der Waals surface area (Å²) in [6, 6.07) is 11.9. The molecule has 102 valence electrons. The lowest BCUT2D eigenvalue weighted by Crippen LogP contribution is -2.27. The van der Waals surface area contributed by atoms with E-state index >= 15 is 0 Å². The number of carbonyl (C=O) groups is 1. The van der Waals surface area contributed by atoms with Gasteiger partial charge in [0.1, 0.15) is 0 Å². The third-order valence-electron chi connectivity index (χ3n) is 3.26. The molecule has 0 bridgehead atoms. The van der Waals surface area contributed by atoms with Gasteiger partial charge in [0.25, 0.3) is 5.91 Å². The Hall–Kier alpha value is -1.52. The minimum Gasteiger partial charge on any atom is -0.302 e. The van der Waals surface area contributed by atoms with Crippen LogP contribution in [0.1, 0.15) is 20.8 Å². The molecule has 0 unspecified atom stereocenters. The number of carbonyl (C=O) groups excluding carboxylic acids is 1. The molecule has 1 aliphatic heterocycles. The average molecular weight is 301 g/mol. The van der Waals surface area contributed by atoms with Crippen LogP contribution in [0.5, 0.6) is 0 Å². The largest absolute Gasteiger partial charge is 0.302 e. The predicted molar refractivity (Wildman–Crippen MR) is 87.0 cm³/mol. The van der Waals surface area contributed by atoms with Gasteiger partial charge in [-0.3, -0.25) is 4.79 Å². The van der Waals surface area contributed by atoms with Crippen LogP contribution in [-0.2, 0) is 0 Å². The summed E-state index contributed by atoms with van der Waals surface area (Å²) in [7, 11) is 0. The van der Waals surface area contributed by atoms with Gasteiger partial charge in [-0.05, 0) is 36.1 Å².